The topological polar surface area (TPSA) is 66.3 Å². The molecule has 1 aromatic heterocycles. The number of anilines is 1. The Balaban J connectivity index is 1.46. The number of rotatable bonds is 2. The van der Waals surface area contributed by atoms with Gasteiger partial charge in [-0.3, -0.25) is 4.90 Å². The number of aliphatic hydroxyl groups is 1. The molecule has 0 radical (unpaired) electrons. The van der Waals surface area contributed by atoms with Gasteiger partial charge in [-0.1, -0.05) is 25.8 Å². The quantitative estimate of drug-likeness (QED) is 0.596. The predicted octanol–water partition coefficient (Wildman–Crippen LogP) is 4.03. The van der Waals surface area contributed by atoms with Gasteiger partial charge in [0.1, 0.15) is 12.2 Å². The van der Waals surface area contributed by atoms with Crippen LogP contribution in [0.25, 0.3) is 10.9 Å². The van der Waals surface area contributed by atoms with E-state index in [4.69, 9.17) is 6.42 Å². The highest BCUT2D eigenvalue weighted by Gasteiger charge is 2.41. The molecule has 2 aromatic carbocycles. The number of benzene rings is 2. The summed E-state index contributed by atoms with van der Waals surface area (Å²) in [6.07, 6.45) is 7.47. The lowest BCUT2D eigenvalue weighted by Crippen LogP contribution is -2.47. The monoisotopic (exact) mass is 436 g/mol. The van der Waals surface area contributed by atoms with Crippen LogP contribution in [0.5, 0.6) is 0 Å². The number of hydrogen-bond donors (Lipinski definition) is 2. The van der Waals surface area contributed by atoms with Crippen LogP contribution < -0.4 is 4.90 Å². The van der Waals surface area contributed by atoms with E-state index in [1.165, 1.54) is 12.8 Å². The van der Waals surface area contributed by atoms with Gasteiger partial charge < -0.3 is 15.0 Å². The second kappa shape index (κ2) is 7.12. The Kier molecular flexibility index (Phi) is 4.40. The maximum Gasteiger partial charge on any atom is 0.107 e. The number of piperazine rings is 1. The smallest absolute Gasteiger partial charge is 0.107 e. The molecule has 1 saturated heterocycles. The number of fused-ring (bicyclic) bond motifs is 4. The first-order chi connectivity index (χ1) is 15.9. The van der Waals surface area contributed by atoms with Crippen molar-refractivity contribution in [3.8, 4) is 18.4 Å². The SMILES string of the molecule is C#Cc1ccc2c3c([nH]c2c1)C(C)(C)c1cc(N2CCN(C4CC4)CC2)c(C#N)cc1C3O. The van der Waals surface area contributed by atoms with E-state index in [2.05, 4.69) is 46.7 Å². The third-order valence-corrected chi connectivity index (χ3v) is 7.88. The van der Waals surface area contributed by atoms with Crippen LogP contribution in [0, 0.1) is 23.7 Å². The van der Waals surface area contributed by atoms with Crippen LogP contribution >= 0.6 is 0 Å². The average Bonchev–Trinajstić information content (AvgIpc) is 3.61. The van der Waals surface area contributed by atoms with Crippen LogP contribution in [0.1, 0.15) is 66.3 Å². The summed E-state index contributed by atoms with van der Waals surface area (Å²) in [5.41, 5.74) is 6.83. The Bertz CT molecular complexity index is 1360. The fourth-order valence-electron chi connectivity index (χ4n) is 5.87. The highest BCUT2D eigenvalue weighted by Crippen LogP contribution is 2.49. The lowest BCUT2D eigenvalue weighted by molar-refractivity contribution is 0.211. The van der Waals surface area contributed by atoms with Crippen LogP contribution in [0.2, 0.25) is 0 Å². The van der Waals surface area contributed by atoms with E-state index in [0.717, 1.165) is 76.8 Å². The number of nitriles is 1. The Morgan fingerprint density at radius 1 is 1.12 bits per heavy atom. The Hall–Kier alpha value is -3.25. The van der Waals surface area contributed by atoms with Gasteiger partial charge in [-0.05, 0) is 48.2 Å². The molecular weight excluding hydrogens is 408 g/mol. The zero-order chi connectivity index (χ0) is 22.9. The number of nitrogens with zero attached hydrogens (tertiary/aromatic N) is 3. The predicted molar refractivity (Wildman–Crippen MR) is 130 cm³/mol. The minimum atomic E-state index is -0.790. The van der Waals surface area contributed by atoms with Crippen LogP contribution in [-0.2, 0) is 5.41 Å². The van der Waals surface area contributed by atoms with Crippen molar-refractivity contribution >= 4 is 16.6 Å². The highest BCUT2D eigenvalue weighted by molar-refractivity contribution is 5.88. The number of nitrogens with one attached hydrogen (secondary N) is 1. The Morgan fingerprint density at radius 2 is 1.88 bits per heavy atom. The van der Waals surface area contributed by atoms with Gasteiger partial charge in [0.05, 0.1) is 11.3 Å². The molecule has 0 amide bonds. The van der Waals surface area contributed by atoms with Crippen molar-refractivity contribution in [2.75, 3.05) is 31.1 Å². The summed E-state index contributed by atoms with van der Waals surface area (Å²) in [6, 6.07) is 13.1. The first kappa shape index (κ1) is 20.4. The van der Waals surface area contributed by atoms with Crippen LogP contribution in [0.4, 0.5) is 5.69 Å². The third kappa shape index (κ3) is 3.00. The summed E-state index contributed by atoms with van der Waals surface area (Å²) in [7, 11) is 0. The zero-order valence-corrected chi connectivity index (χ0v) is 19.2. The van der Waals surface area contributed by atoms with E-state index in [-0.39, 0.29) is 5.41 Å². The summed E-state index contributed by atoms with van der Waals surface area (Å²) in [6.45, 7) is 8.33. The number of aromatic amines is 1. The van der Waals surface area contributed by atoms with E-state index in [1.807, 2.05) is 24.3 Å². The van der Waals surface area contributed by atoms with Gasteiger partial charge >= 0.3 is 0 Å². The molecular formula is C28H28N4O. The minimum Gasteiger partial charge on any atom is -0.384 e. The van der Waals surface area contributed by atoms with Crippen molar-refractivity contribution < 1.29 is 5.11 Å². The summed E-state index contributed by atoms with van der Waals surface area (Å²) >= 11 is 0. The molecule has 1 unspecified atom stereocenters. The minimum absolute atomic E-state index is 0.349. The molecule has 5 nitrogen and oxygen atoms in total. The number of H-pyrrole nitrogens is 1. The molecule has 1 aliphatic heterocycles. The molecule has 0 bridgehead atoms. The molecule has 0 spiro atoms. The number of aliphatic hydroxyl groups excluding tert-OH is 1. The molecule has 2 N–H and O–H groups in total. The highest BCUT2D eigenvalue weighted by atomic mass is 16.3. The van der Waals surface area contributed by atoms with Gasteiger partial charge in [-0.25, -0.2) is 0 Å². The number of aromatic nitrogens is 1. The third-order valence-electron chi connectivity index (χ3n) is 7.88. The van der Waals surface area contributed by atoms with Gasteiger partial charge in [0.25, 0.3) is 0 Å². The maximum absolute atomic E-state index is 11.5. The summed E-state index contributed by atoms with van der Waals surface area (Å²) in [5, 5.41) is 22.5. The largest absolute Gasteiger partial charge is 0.384 e. The lowest BCUT2D eigenvalue weighted by Gasteiger charge is -2.39. The summed E-state index contributed by atoms with van der Waals surface area (Å²) < 4.78 is 0. The van der Waals surface area contributed by atoms with Crippen molar-refractivity contribution in [2.45, 2.75) is 44.2 Å². The standard InChI is InChI=1S/C28H28N4O/c1-4-17-5-8-20-23(13-17)30-27-25(20)26(33)21-14-18(16-29)24(15-22(21)28(27,2)3)32-11-9-31(10-12-32)19-6-7-19/h1,5,8,13-15,19,26,30,33H,6-7,9-12H2,2-3H3. The van der Waals surface area contributed by atoms with Gasteiger partial charge in [-0.2, -0.15) is 5.26 Å². The Labute approximate surface area is 194 Å². The van der Waals surface area contributed by atoms with E-state index in [0.29, 0.717) is 5.56 Å². The summed E-state index contributed by atoms with van der Waals surface area (Å²) in [4.78, 5) is 8.49. The van der Waals surface area contributed by atoms with Crippen LogP contribution in [0.3, 0.4) is 0 Å². The van der Waals surface area contributed by atoms with Crippen molar-refractivity contribution in [3.05, 3.63) is 63.8 Å². The van der Waals surface area contributed by atoms with Gasteiger partial charge in [0.15, 0.2) is 0 Å². The molecule has 5 heteroatoms. The van der Waals surface area contributed by atoms with Gasteiger partial charge in [-0.15, -0.1) is 6.42 Å². The van der Waals surface area contributed by atoms with E-state index < -0.39 is 6.10 Å². The number of hydrogen-bond acceptors (Lipinski definition) is 4. The van der Waals surface area contributed by atoms with Crippen molar-refractivity contribution in [1.29, 1.82) is 5.26 Å². The fourth-order valence-corrected chi connectivity index (χ4v) is 5.87. The zero-order valence-electron chi connectivity index (χ0n) is 19.2. The van der Waals surface area contributed by atoms with Gasteiger partial charge in [0.2, 0.25) is 0 Å². The molecule has 3 aromatic rings. The first-order valence-electron chi connectivity index (χ1n) is 11.8. The van der Waals surface area contributed by atoms with Gasteiger partial charge in [0, 0.05) is 65.4 Å². The second-order valence-electron chi connectivity index (χ2n) is 10.2. The molecule has 1 atom stereocenters. The van der Waals surface area contributed by atoms with Crippen LogP contribution in [-0.4, -0.2) is 47.2 Å². The Morgan fingerprint density at radius 3 is 2.55 bits per heavy atom. The van der Waals surface area contributed by atoms with Crippen LogP contribution in [0.15, 0.2) is 30.3 Å². The molecule has 2 heterocycles. The van der Waals surface area contributed by atoms with Crippen molar-refractivity contribution in [1.82, 2.24) is 9.88 Å². The lowest BCUT2D eigenvalue weighted by atomic mass is 9.70. The molecule has 3 aliphatic rings. The first-order valence-corrected chi connectivity index (χ1v) is 11.8. The molecule has 6 rings (SSSR count). The van der Waals surface area contributed by atoms with E-state index >= 15 is 0 Å². The second-order valence-corrected chi connectivity index (χ2v) is 10.2. The van der Waals surface area contributed by atoms with Crippen molar-refractivity contribution in [2.24, 2.45) is 0 Å². The fraction of sp³-hybridized carbons (Fsp3) is 0.393. The molecule has 33 heavy (non-hydrogen) atoms. The normalized spacial score (nSPS) is 21.8. The number of terminal acetylenes is 1. The van der Waals surface area contributed by atoms with Crippen molar-refractivity contribution in [3.63, 3.8) is 0 Å². The maximum atomic E-state index is 11.5. The average molecular weight is 437 g/mol. The molecule has 2 fully saturated rings. The summed E-state index contributed by atoms with van der Waals surface area (Å²) in [5.74, 6) is 2.69. The molecule has 1 saturated carbocycles. The van der Waals surface area contributed by atoms with E-state index in [1.54, 1.807) is 0 Å². The molecule has 166 valence electrons. The van der Waals surface area contributed by atoms with E-state index in [9.17, 15) is 10.4 Å². The molecule has 2 aliphatic carbocycles.